The van der Waals surface area contributed by atoms with Crippen molar-refractivity contribution in [2.45, 2.75) is 31.0 Å². The van der Waals surface area contributed by atoms with Crippen molar-refractivity contribution in [3.8, 4) is 17.4 Å². The molecular weight excluding hydrogens is 452 g/mol. The number of alkyl halides is 3. The van der Waals surface area contributed by atoms with Crippen molar-refractivity contribution in [1.29, 1.82) is 0 Å². The SMILES string of the molecule is Cc1cc2c(cc1F)cc(-c1ccc(S(=O)(=O)N[C@@H](C)C(F)(F)F)cn1)n2-c1ncco1. The number of hydrogen-bond donors (Lipinski definition) is 1. The molecular formula is C20H16F4N4O3S. The molecule has 32 heavy (non-hydrogen) atoms. The number of aryl methyl sites for hydroxylation is 1. The molecule has 0 saturated carbocycles. The molecule has 168 valence electrons. The fourth-order valence-corrected chi connectivity index (χ4v) is 4.29. The van der Waals surface area contributed by atoms with Gasteiger partial charge < -0.3 is 4.42 Å². The summed E-state index contributed by atoms with van der Waals surface area (Å²) >= 11 is 0. The third-order valence-corrected chi connectivity index (χ3v) is 6.35. The quantitative estimate of drug-likeness (QED) is 0.440. The van der Waals surface area contributed by atoms with E-state index in [0.717, 1.165) is 12.3 Å². The molecule has 4 rings (SSSR count). The van der Waals surface area contributed by atoms with Crippen molar-refractivity contribution in [2.75, 3.05) is 0 Å². The maximum atomic E-state index is 14.1. The smallest absolute Gasteiger partial charge is 0.404 e. The van der Waals surface area contributed by atoms with Crippen LogP contribution in [0.5, 0.6) is 0 Å². The van der Waals surface area contributed by atoms with Crippen LogP contribution in [0.4, 0.5) is 17.6 Å². The first kappa shape index (κ1) is 22.0. The molecule has 7 nitrogen and oxygen atoms in total. The number of aromatic nitrogens is 3. The van der Waals surface area contributed by atoms with Crippen molar-refractivity contribution in [3.63, 3.8) is 0 Å². The van der Waals surface area contributed by atoms with E-state index in [4.69, 9.17) is 4.42 Å². The highest BCUT2D eigenvalue weighted by Gasteiger charge is 2.39. The Kier molecular flexibility index (Phi) is 5.29. The lowest BCUT2D eigenvalue weighted by molar-refractivity contribution is -0.147. The molecule has 1 atom stereocenters. The van der Waals surface area contributed by atoms with Gasteiger partial charge in [-0.25, -0.2) is 17.8 Å². The Morgan fingerprint density at radius 2 is 1.91 bits per heavy atom. The number of oxazole rings is 1. The Morgan fingerprint density at radius 3 is 2.50 bits per heavy atom. The predicted molar refractivity (Wildman–Crippen MR) is 107 cm³/mol. The van der Waals surface area contributed by atoms with Crippen LogP contribution >= 0.6 is 0 Å². The van der Waals surface area contributed by atoms with Crippen LogP contribution in [0.15, 0.2) is 58.3 Å². The number of rotatable bonds is 5. The van der Waals surface area contributed by atoms with E-state index in [1.807, 2.05) is 0 Å². The molecule has 12 heteroatoms. The summed E-state index contributed by atoms with van der Waals surface area (Å²) in [7, 11) is -4.45. The lowest BCUT2D eigenvalue weighted by Crippen LogP contribution is -2.42. The third kappa shape index (κ3) is 3.98. The van der Waals surface area contributed by atoms with Crippen molar-refractivity contribution < 1.29 is 30.4 Å². The van der Waals surface area contributed by atoms with Gasteiger partial charge in [0.2, 0.25) is 10.0 Å². The number of benzene rings is 1. The fraction of sp³-hybridized carbons (Fsp3) is 0.200. The Bertz CT molecular complexity index is 1380. The normalized spacial score (nSPS) is 13.6. The first-order valence-corrected chi connectivity index (χ1v) is 10.7. The highest BCUT2D eigenvalue weighted by atomic mass is 32.2. The predicted octanol–water partition coefficient (Wildman–Crippen LogP) is 4.36. The molecule has 3 heterocycles. The molecule has 0 spiro atoms. The van der Waals surface area contributed by atoms with Gasteiger partial charge in [0.05, 0.1) is 23.1 Å². The van der Waals surface area contributed by atoms with Gasteiger partial charge in [-0.15, -0.1) is 0 Å². The van der Waals surface area contributed by atoms with E-state index < -0.39 is 33.0 Å². The number of nitrogens with zero attached hydrogens (tertiary/aromatic N) is 3. The molecule has 1 N–H and O–H groups in total. The molecule has 0 amide bonds. The minimum atomic E-state index is -4.73. The van der Waals surface area contributed by atoms with Crippen molar-refractivity contribution in [1.82, 2.24) is 19.3 Å². The van der Waals surface area contributed by atoms with Crippen molar-refractivity contribution >= 4 is 20.9 Å². The van der Waals surface area contributed by atoms with Gasteiger partial charge >= 0.3 is 12.2 Å². The summed E-state index contributed by atoms with van der Waals surface area (Å²) in [4.78, 5) is 7.80. The number of pyridine rings is 1. The highest BCUT2D eigenvalue weighted by molar-refractivity contribution is 7.89. The Balaban J connectivity index is 1.78. The van der Waals surface area contributed by atoms with Gasteiger partial charge in [-0.2, -0.15) is 17.9 Å². The van der Waals surface area contributed by atoms with Gasteiger partial charge in [0, 0.05) is 11.6 Å². The second-order valence-electron chi connectivity index (χ2n) is 7.10. The number of hydrogen-bond acceptors (Lipinski definition) is 5. The van der Waals surface area contributed by atoms with Crippen LogP contribution in [0.1, 0.15) is 12.5 Å². The number of fused-ring (bicyclic) bond motifs is 1. The summed E-state index contributed by atoms with van der Waals surface area (Å²) in [5, 5.41) is 0.528. The molecule has 0 saturated heterocycles. The van der Waals surface area contributed by atoms with Crippen LogP contribution in [-0.2, 0) is 10.0 Å². The second-order valence-corrected chi connectivity index (χ2v) is 8.82. The molecule has 0 aliphatic rings. The summed E-state index contributed by atoms with van der Waals surface area (Å²) < 4.78 is 85.4. The lowest BCUT2D eigenvalue weighted by Gasteiger charge is -2.17. The summed E-state index contributed by atoms with van der Waals surface area (Å²) in [6.07, 6.45) is -0.995. The summed E-state index contributed by atoms with van der Waals surface area (Å²) in [6, 6.07) is 4.97. The molecule has 1 aromatic carbocycles. The van der Waals surface area contributed by atoms with Crippen molar-refractivity contribution in [3.05, 3.63) is 60.4 Å². The minimum Gasteiger partial charge on any atom is -0.432 e. The van der Waals surface area contributed by atoms with E-state index in [1.54, 1.807) is 28.3 Å². The van der Waals surface area contributed by atoms with E-state index in [1.165, 1.54) is 24.6 Å². The van der Waals surface area contributed by atoms with E-state index in [9.17, 15) is 26.0 Å². The van der Waals surface area contributed by atoms with Crippen LogP contribution in [0.25, 0.3) is 28.3 Å². The summed E-state index contributed by atoms with van der Waals surface area (Å²) in [5.41, 5.74) is 1.68. The number of halogens is 4. The molecule has 4 aromatic rings. The van der Waals surface area contributed by atoms with Gasteiger partial charge in [0.15, 0.2) is 0 Å². The first-order chi connectivity index (χ1) is 15.0. The van der Waals surface area contributed by atoms with Crippen molar-refractivity contribution in [2.24, 2.45) is 0 Å². The zero-order valence-corrected chi connectivity index (χ0v) is 17.5. The van der Waals surface area contributed by atoms with Gasteiger partial charge in [-0.1, -0.05) is 0 Å². The van der Waals surface area contributed by atoms with Crippen LogP contribution in [0.2, 0.25) is 0 Å². The molecule has 0 aliphatic carbocycles. The summed E-state index contributed by atoms with van der Waals surface area (Å²) in [6.45, 7) is 2.31. The molecule has 0 radical (unpaired) electrons. The molecule has 3 aromatic heterocycles. The lowest BCUT2D eigenvalue weighted by atomic mass is 10.1. The Labute approximate surface area is 179 Å². The van der Waals surface area contributed by atoms with Gasteiger partial charge in [-0.3, -0.25) is 9.55 Å². The second kappa shape index (κ2) is 7.71. The summed E-state index contributed by atoms with van der Waals surface area (Å²) in [5.74, 6) is -0.409. The van der Waals surface area contributed by atoms with Crippen LogP contribution < -0.4 is 4.72 Å². The van der Waals surface area contributed by atoms with Gasteiger partial charge in [0.25, 0.3) is 0 Å². The monoisotopic (exact) mass is 468 g/mol. The fourth-order valence-electron chi connectivity index (χ4n) is 3.11. The van der Waals surface area contributed by atoms with Gasteiger partial charge in [0.1, 0.15) is 23.0 Å². The van der Waals surface area contributed by atoms with E-state index in [0.29, 0.717) is 29.1 Å². The molecule has 0 fully saturated rings. The standard InChI is InChI=1S/C20H16F4N4O3S/c1-11-7-17-13(8-15(11)21)9-18(28(17)19-25-5-6-31-19)16-4-3-14(10-26-16)32(29,30)27-12(2)20(22,23)24/h3-10,12,27H,1-2H3/t12-/m0/s1. The van der Waals surface area contributed by atoms with Crippen LogP contribution in [-0.4, -0.2) is 35.2 Å². The van der Waals surface area contributed by atoms with E-state index >= 15 is 0 Å². The van der Waals surface area contributed by atoms with Crippen LogP contribution in [0, 0.1) is 12.7 Å². The average molecular weight is 468 g/mol. The largest absolute Gasteiger partial charge is 0.432 e. The zero-order valence-electron chi connectivity index (χ0n) is 16.7. The number of nitrogens with one attached hydrogen (secondary N) is 1. The molecule has 0 bridgehead atoms. The first-order valence-electron chi connectivity index (χ1n) is 9.24. The van der Waals surface area contributed by atoms with Crippen LogP contribution in [0.3, 0.4) is 0 Å². The zero-order chi connectivity index (χ0) is 23.3. The third-order valence-electron chi connectivity index (χ3n) is 4.82. The molecule has 0 aliphatic heterocycles. The maximum Gasteiger partial charge on any atom is 0.404 e. The topological polar surface area (TPSA) is 90.0 Å². The number of sulfonamides is 1. The highest BCUT2D eigenvalue weighted by Crippen LogP contribution is 2.32. The van der Waals surface area contributed by atoms with E-state index in [-0.39, 0.29) is 11.7 Å². The Hall–Kier alpha value is -3.25. The minimum absolute atomic E-state index is 0.181. The average Bonchev–Trinajstić information content (AvgIpc) is 3.35. The molecule has 0 unspecified atom stereocenters. The maximum absolute atomic E-state index is 14.1. The van der Waals surface area contributed by atoms with Gasteiger partial charge in [-0.05, 0) is 49.7 Å². The van der Waals surface area contributed by atoms with E-state index in [2.05, 4.69) is 9.97 Å². The Morgan fingerprint density at radius 1 is 1.16 bits per heavy atom.